The minimum atomic E-state index is -0.304. The van der Waals surface area contributed by atoms with Crippen molar-refractivity contribution >= 4 is 33.4 Å². The van der Waals surface area contributed by atoms with Crippen LogP contribution in [0.4, 0.5) is 4.39 Å². The standard InChI is InChI=1S/C24H17FN2O3S/c1-29-21-12-15(9-10-20(21)30-14-16-5-4-6-17(25)11-16)13-22-23(28)27-19-8-3-2-7-18(19)26-24(27)31-22/h2-13H,14H2,1H3. The van der Waals surface area contributed by atoms with E-state index in [2.05, 4.69) is 4.98 Å². The van der Waals surface area contributed by atoms with E-state index in [1.54, 1.807) is 35.8 Å². The van der Waals surface area contributed by atoms with E-state index in [1.165, 1.54) is 23.5 Å². The number of aromatic nitrogens is 2. The molecule has 0 radical (unpaired) electrons. The summed E-state index contributed by atoms with van der Waals surface area (Å²) in [4.78, 5) is 18.1. The lowest BCUT2D eigenvalue weighted by atomic mass is 10.2. The second-order valence-corrected chi connectivity index (χ2v) is 7.97. The number of thiazole rings is 1. The lowest BCUT2D eigenvalue weighted by molar-refractivity contribution is 0.284. The van der Waals surface area contributed by atoms with E-state index < -0.39 is 0 Å². The maximum atomic E-state index is 13.4. The summed E-state index contributed by atoms with van der Waals surface area (Å²) in [6, 6.07) is 19.3. The number of halogens is 1. The molecule has 0 saturated carbocycles. The van der Waals surface area contributed by atoms with E-state index in [0.29, 0.717) is 21.0 Å². The average Bonchev–Trinajstić information content (AvgIpc) is 3.29. The van der Waals surface area contributed by atoms with Crippen LogP contribution in [0.25, 0.3) is 22.1 Å². The fourth-order valence-electron chi connectivity index (χ4n) is 3.44. The number of methoxy groups -OCH3 is 1. The van der Waals surface area contributed by atoms with Crippen LogP contribution in [0.5, 0.6) is 11.5 Å². The molecule has 31 heavy (non-hydrogen) atoms. The van der Waals surface area contributed by atoms with Gasteiger partial charge in [-0.15, -0.1) is 0 Å². The zero-order valence-corrected chi connectivity index (χ0v) is 17.4. The zero-order chi connectivity index (χ0) is 21.4. The highest BCUT2D eigenvalue weighted by Crippen LogP contribution is 2.29. The number of rotatable bonds is 5. The molecular weight excluding hydrogens is 415 g/mol. The number of hydrogen-bond acceptors (Lipinski definition) is 5. The Morgan fingerprint density at radius 1 is 1.06 bits per heavy atom. The Balaban J connectivity index is 1.47. The van der Waals surface area contributed by atoms with Gasteiger partial charge in [-0.25, -0.2) is 13.8 Å². The molecule has 154 valence electrons. The van der Waals surface area contributed by atoms with Gasteiger partial charge in [-0.05, 0) is 53.6 Å². The highest BCUT2D eigenvalue weighted by Gasteiger charge is 2.11. The molecule has 0 N–H and O–H groups in total. The van der Waals surface area contributed by atoms with Crippen LogP contribution >= 0.6 is 11.3 Å². The summed E-state index contributed by atoms with van der Waals surface area (Å²) in [6.45, 7) is 0.219. The van der Waals surface area contributed by atoms with Crippen molar-refractivity contribution in [3.63, 3.8) is 0 Å². The Morgan fingerprint density at radius 2 is 1.94 bits per heavy atom. The zero-order valence-electron chi connectivity index (χ0n) is 16.5. The molecule has 7 heteroatoms. The molecule has 0 spiro atoms. The molecule has 2 heterocycles. The van der Waals surface area contributed by atoms with Gasteiger partial charge in [-0.1, -0.05) is 41.7 Å². The summed E-state index contributed by atoms with van der Waals surface area (Å²) >= 11 is 1.35. The van der Waals surface area contributed by atoms with Crippen molar-refractivity contribution < 1.29 is 13.9 Å². The minimum Gasteiger partial charge on any atom is -0.493 e. The highest BCUT2D eigenvalue weighted by atomic mass is 32.1. The summed E-state index contributed by atoms with van der Waals surface area (Å²) in [5.41, 5.74) is 3.04. The molecule has 0 aliphatic carbocycles. The van der Waals surface area contributed by atoms with Gasteiger partial charge in [0.15, 0.2) is 16.5 Å². The molecular formula is C24H17FN2O3S. The van der Waals surface area contributed by atoms with Crippen molar-refractivity contribution in [3.05, 3.63) is 98.6 Å². The third kappa shape index (κ3) is 3.64. The van der Waals surface area contributed by atoms with Crippen molar-refractivity contribution in [1.29, 1.82) is 0 Å². The first-order valence-corrected chi connectivity index (χ1v) is 10.4. The van der Waals surface area contributed by atoms with Crippen molar-refractivity contribution in [2.45, 2.75) is 6.61 Å². The van der Waals surface area contributed by atoms with Crippen molar-refractivity contribution in [2.75, 3.05) is 7.11 Å². The molecule has 5 nitrogen and oxygen atoms in total. The van der Waals surface area contributed by atoms with Crippen LogP contribution in [0, 0.1) is 5.82 Å². The molecule has 0 aliphatic rings. The van der Waals surface area contributed by atoms with Crippen LogP contribution in [0.2, 0.25) is 0 Å². The van der Waals surface area contributed by atoms with Crippen molar-refractivity contribution in [3.8, 4) is 11.5 Å². The third-order valence-electron chi connectivity index (χ3n) is 4.91. The topological polar surface area (TPSA) is 52.8 Å². The number of nitrogens with zero attached hydrogens (tertiary/aromatic N) is 2. The first kappa shape index (κ1) is 19.3. The molecule has 0 fully saturated rings. The maximum Gasteiger partial charge on any atom is 0.274 e. The van der Waals surface area contributed by atoms with Gasteiger partial charge in [0.2, 0.25) is 0 Å². The molecule has 0 bridgehead atoms. The molecule has 5 aromatic rings. The van der Waals surface area contributed by atoms with Gasteiger partial charge in [0.1, 0.15) is 12.4 Å². The van der Waals surface area contributed by atoms with Crippen LogP contribution in [0.1, 0.15) is 11.1 Å². The van der Waals surface area contributed by atoms with E-state index in [0.717, 1.165) is 22.2 Å². The number of benzene rings is 3. The number of para-hydroxylation sites is 2. The molecule has 0 unspecified atom stereocenters. The molecule has 0 aliphatic heterocycles. The Bertz CT molecular complexity index is 1520. The fourth-order valence-corrected chi connectivity index (χ4v) is 4.43. The van der Waals surface area contributed by atoms with Gasteiger partial charge in [-0.3, -0.25) is 4.79 Å². The molecule has 3 aromatic carbocycles. The lowest BCUT2D eigenvalue weighted by Crippen LogP contribution is -2.22. The fraction of sp³-hybridized carbons (Fsp3) is 0.0833. The predicted octanol–water partition coefficient (Wildman–Crippen LogP) is 4.18. The second kappa shape index (κ2) is 7.85. The smallest absolute Gasteiger partial charge is 0.274 e. The third-order valence-corrected chi connectivity index (χ3v) is 5.88. The summed E-state index contributed by atoms with van der Waals surface area (Å²) in [5, 5.41) is 0. The predicted molar refractivity (Wildman–Crippen MR) is 119 cm³/mol. The summed E-state index contributed by atoms with van der Waals surface area (Å²) in [7, 11) is 1.55. The molecule has 5 rings (SSSR count). The van der Waals surface area contributed by atoms with Gasteiger partial charge in [0.25, 0.3) is 5.56 Å². The van der Waals surface area contributed by atoms with E-state index in [9.17, 15) is 9.18 Å². The Hall–Kier alpha value is -3.71. The van der Waals surface area contributed by atoms with E-state index in [-0.39, 0.29) is 18.0 Å². The monoisotopic (exact) mass is 432 g/mol. The van der Waals surface area contributed by atoms with Crippen LogP contribution in [0.15, 0.2) is 71.5 Å². The average molecular weight is 432 g/mol. The molecule has 0 atom stereocenters. The second-order valence-electron chi connectivity index (χ2n) is 6.96. The Labute approximate surface area is 180 Å². The highest BCUT2D eigenvalue weighted by molar-refractivity contribution is 7.15. The molecule has 2 aromatic heterocycles. The van der Waals surface area contributed by atoms with Crippen LogP contribution in [-0.4, -0.2) is 16.5 Å². The van der Waals surface area contributed by atoms with E-state index in [1.807, 2.05) is 36.4 Å². The van der Waals surface area contributed by atoms with Crippen LogP contribution < -0.4 is 19.6 Å². The lowest BCUT2D eigenvalue weighted by Gasteiger charge is -2.11. The maximum absolute atomic E-state index is 13.4. The normalized spacial score (nSPS) is 12.0. The van der Waals surface area contributed by atoms with E-state index >= 15 is 0 Å². The largest absolute Gasteiger partial charge is 0.493 e. The summed E-state index contributed by atoms with van der Waals surface area (Å²) < 4.78 is 26.8. The number of imidazole rings is 1. The molecule has 0 amide bonds. The van der Waals surface area contributed by atoms with Crippen LogP contribution in [-0.2, 0) is 6.61 Å². The minimum absolute atomic E-state index is 0.0981. The first-order valence-electron chi connectivity index (χ1n) is 9.59. The number of hydrogen-bond donors (Lipinski definition) is 0. The molecule has 0 saturated heterocycles. The van der Waals surface area contributed by atoms with Gasteiger partial charge >= 0.3 is 0 Å². The summed E-state index contributed by atoms with van der Waals surface area (Å²) in [5.74, 6) is 0.768. The number of fused-ring (bicyclic) bond motifs is 3. The van der Waals surface area contributed by atoms with Gasteiger partial charge in [-0.2, -0.15) is 0 Å². The van der Waals surface area contributed by atoms with Gasteiger partial charge in [0, 0.05) is 0 Å². The Kier molecular flexibility index (Phi) is 4.88. The van der Waals surface area contributed by atoms with Crippen molar-refractivity contribution in [2.24, 2.45) is 0 Å². The van der Waals surface area contributed by atoms with Gasteiger partial charge in [0.05, 0.1) is 22.7 Å². The first-order chi connectivity index (χ1) is 15.1. The van der Waals surface area contributed by atoms with Crippen LogP contribution in [0.3, 0.4) is 0 Å². The van der Waals surface area contributed by atoms with E-state index in [4.69, 9.17) is 9.47 Å². The SMILES string of the molecule is COc1cc(C=c2sc3nc4ccccc4n3c2=O)ccc1OCc1cccc(F)c1. The summed E-state index contributed by atoms with van der Waals surface area (Å²) in [6.07, 6.45) is 1.81. The Morgan fingerprint density at radius 3 is 2.77 bits per heavy atom. The number of ether oxygens (including phenoxy) is 2. The van der Waals surface area contributed by atoms with Crippen molar-refractivity contribution in [1.82, 2.24) is 9.38 Å². The quantitative estimate of drug-likeness (QED) is 0.418. The van der Waals surface area contributed by atoms with Gasteiger partial charge < -0.3 is 9.47 Å².